The first-order valence-electron chi connectivity index (χ1n) is 10.7. The molecule has 0 unspecified atom stereocenters. The summed E-state index contributed by atoms with van der Waals surface area (Å²) in [6.07, 6.45) is 6.57. The van der Waals surface area contributed by atoms with E-state index in [1.807, 2.05) is 26.8 Å². The summed E-state index contributed by atoms with van der Waals surface area (Å²) in [5.74, 6) is 0.608. The predicted octanol–water partition coefficient (Wildman–Crippen LogP) is 7.18. The van der Waals surface area contributed by atoms with Crippen molar-refractivity contribution in [1.82, 2.24) is 5.48 Å². The average molecular weight is 426 g/mol. The lowest BCUT2D eigenvalue weighted by molar-refractivity contribution is -0.125. The molecule has 1 amide bonds. The van der Waals surface area contributed by atoms with Gasteiger partial charge >= 0.3 is 0 Å². The van der Waals surface area contributed by atoms with E-state index in [2.05, 4.69) is 55.1 Å². The van der Waals surface area contributed by atoms with Gasteiger partial charge in [0.25, 0.3) is 5.91 Å². The number of thioether (sulfide) groups is 1. The molecule has 0 saturated heterocycles. The van der Waals surface area contributed by atoms with Crippen LogP contribution in [-0.4, -0.2) is 16.9 Å². The lowest BCUT2D eigenvalue weighted by Gasteiger charge is -2.18. The van der Waals surface area contributed by atoms with E-state index in [9.17, 15) is 4.79 Å². The number of allylic oxidation sites excluding steroid dienone is 2. The molecule has 2 aromatic carbocycles. The van der Waals surface area contributed by atoms with Gasteiger partial charge in [0, 0.05) is 11.3 Å². The van der Waals surface area contributed by atoms with E-state index in [-0.39, 0.29) is 5.91 Å². The lowest BCUT2D eigenvalue weighted by Crippen LogP contribution is -2.23. The summed E-state index contributed by atoms with van der Waals surface area (Å²) in [6.45, 7) is 9.25. The molecule has 0 saturated carbocycles. The molecule has 162 valence electrons. The highest BCUT2D eigenvalue weighted by Crippen LogP contribution is 2.33. The van der Waals surface area contributed by atoms with E-state index in [1.165, 1.54) is 16.7 Å². The van der Waals surface area contributed by atoms with Gasteiger partial charge in [0.2, 0.25) is 0 Å². The molecule has 4 heteroatoms. The number of hydrogen-bond donors (Lipinski definition) is 2. The van der Waals surface area contributed by atoms with Crippen LogP contribution in [0.4, 0.5) is 0 Å². The second kappa shape index (κ2) is 15.5. The van der Waals surface area contributed by atoms with E-state index >= 15 is 0 Å². The molecule has 3 rings (SSSR count). The molecule has 1 aliphatic rings. The van der Waals surface area contributed by atoms with Crippen LogP contribution in [0.25, 0.3) is 11.1 Å². The fourth-order valence-electron chi connectivity index (χ4n) is 3.13. The second-order valence-corrected chi connectivity index (χ2v) is 7.81. The predicted molar refractivity (Wildman–Crippen MR) is 131 cm³/mol. The summed E-state index contributed by atoms with van der Waals surface area (Å²) in [5, 5.41) is 8.89. The monoisotopic (exact) mass is 425 g/mol. The smallest absolute Gasteiger partial charge is 0.271 e. The number of benzene rings is 2. The zero-order valence-corrected chi connectivity index (χ0v) is 19.3. The number of hydroxylamine groups is 1. The first-order chi connectivity index (χ1) is 14.7. The number of amides is 1. The quantitative estimate of drug-likeness (QED) is 0.293. The number of nitrogens with one attached hydrogen (secondary N) is 1. The van der Waals surface area contributed by atoms with Crippen molar-refractivity contribution in [2.45, 2.75) is 52.9 Å². The minimum atomic E-state index is -0.339. The van der Waals surface area contributed by atoms with Crippen molar-refractivity contribution < 1.29 is 10.0 Å². The van der Waals surface area contributed by atoms with Crippen LogP contribution in [0, 0.1) is 0 Å². The van der Waals surface area contributed by atoms with Crippen LogP contribution in [0.2, 0.25) is 0 Å². The summed E-state index contributed by atoms with van der Waals surface area (Å²) in [7, 11) is 0. The summed E-state index contributed by atoms with van der Waals surface area (Å²) in [4.78, 5) is 12.9. The fraction of sp³-hybridized carbons (Fsp3) is 0.346. The van der Waals surface area contributed by atoms with Gasteiger partial charge < -0.3 is 0 Å². The normalized spacial score (nSPS) is 12.7. The highest BCUT2D eigenvalue weighted by Gasteiger charge is 2.18. The number of carbonyl (C=O) groups is 1. The van der Waals surface area contributed by atoms with E-state index in [1.54, 1.807) is 23.3 Å². The second-order valence-electron chi connectivity index (χ2n) is 6.62. The van der Waals surface area contributed by atoms with Crippen molar-refractivity contribution >= 4 is 17.7 Å². The lowest BCUT2D eigenvalue weighted by atomic mass is 9.99. The first kappa shape index (κ1) is 25.7. The summed E-state index contributed by atoms with van der Waals surface area (Å²) in [5.41, 5.74) is 6.31. The van der Waals surface area contributed by atoms with Crippen molar-refractivity contribution in [2.75, 3.05) is 5.75 Å². The highest BCUT2D eigenvalue weighted by molar-refractivity contribution is 8.03. The maximum Gasteiger partial charge on any atom is 0.271 e. The molecule has 0 atom stereocenters. The van der Waals surface area contributed by atoms with E-state index in [0.717, 1.165) is 48.3 Å². The summed E-state index contributed by atoms with van der Waals surface area (Å²) < 4.78 is 0. The molecule has 2 N–H and O–H groups in total. The van der Waals surface area contributed by atoms with Crippen molar-refractivity contribution in [1.29, 1.82) is 0 Å². The Morgan fingerprint density at radius 2 is 1.60 bits per heavy atom. The minimum Gasteiger partial charge on any atom is -0.288 e. The van der Waals surface area contributed by atoms with Crippen LogP contribution in [-0.2, 0) is 11.2 Å². The molecule has 0 fully saturated rings. The number of carbonyl (C=O) groups excluding carboxylic acids is 1. The molecule has 0 aliphatic heterocycles. The third-order valence-corrected chi connectivity index (χ3v) is 5.73. The molecule has 0 heterocycles. The van der Waals surface area contributed by atoms with Crippen molar-refractivity contribution in [3.05, 3.63) is 83.3 Å². The molecule has 30 heavy (non-hydrogen) atoms. The maximum atomic E-state index is 11.8. The Balaban J connectivity index is 0.000000826. The van der Waals surface area contributed by atoms with Crippen LogP contribution >= 0.6 is 11.8 Å². The standard InChI is InChI=1S/C21H23NO2S.C3H6.C2H6/c23-21(22-24)19-8-4-5-9-20(19)25-15-14-16-10-12-18(13-11-16)17-6-2-1-3-7-17;1-3-2;1-2/h1-3,6-7,10-13,24H,4-5,8-9,14-15H2,(H,22,23);3H,1H2,2H3;1-2H3. The van der Waals surface area contributed by atoms with Gasteiger partial charge in [0.1, 0.15) is 0 Å². The van der Waals surface area contributed by atoms with Gasteiger partial charge in [-0.3, -0.25) is 10.0 Å². The van der Waals surface area contributed by atoms with Crippen LogP contribution in [0.5, 0.6) is 0 Å². The molecule has 3 nitrogen and oxygen atoms in total. The van der Waals surface area contributed by atoms with Gasteiger partial charge in [-0.2, -0.15) is 0 Å². The SMILES string of the molecule is C=CC.CC.O=C(NO)C1=C(SCCc2ccc(-c3ccccc3)cc2)CCCC1. The molecule has 0 spiro atoms. The van der Waals surface area contributed by atoms with Gasteiger partial charge in [0.05, 0.1) is 0 Å². The first-order valence-corrected chi connectivity index (χ1v) is 11.7. The molecular weight excluding hydrogens is 390 g/mol. The molecule has 0 bridgehead atoms. The maximum absolute atomic E-state index is 11.8. The van der Waals surface area contributed by atoms with Crippen LogP contribution < -0.4 is 5.48 Å². The molecule has 0 aromatic heterocycles. The van der Waals surface area contributed by atoms with E-state index in [4.69, 9.17) is 5.21 Å². The zero-order chi connectivity index (χ0) is 22.2. The van der Waals surface area contributed by atoms with Gasteiger partial charge in [-0.1, -0.05) is 74.5 Å². The van der Waals surface area contributed by atoms with E-state index in [0.29, 0.717) is 0 Å². The van der Waals surface area contributed by atoms with Gasteiger partial charge in [-0.05, 0) is 60.6 Å². The Bertz CT molecular complexity index is 782. The average Bonchev–Trinajstić information content (AvgIpc) is 2.82. The van der Waals surface area contributed by atoms with Crippen LogP contribution in [0.1, 0.15) is 52.0 Å². The van der Waals surface area contributed by atoms with Crippen molar-refractivity contribution in [2.24, 2.45) is 0 Å². The number of aryl methyl sites for hydroxylation is 1. The summed E-state index contributed by atoms with van der Waals surface area (Å²) in [6, 6.07) is 19.1. The third-order valence-electron chi connectivity index (χ3n) is 4.52. The molecule has 2 aromatic rings. The molecule has 0 radical (unpaired) electrons. The Morgan fingerprint density at radius 3 is 2.20 bits per heavy atom. The van der Waals surface area contributed by atoms with Crippen LogP contribution in [0.3, 0.4) is 0 Å². The summed E-state index contributed by atoms with van der Waals surface area (Å²) >= 11 is 1.75. The Kier molecular flexibility index (Phi) is 13.3. The Morgan fingerprint density at radius 1 is 1.03 bits per heavy atom. The minimum absolute atomic E-state index is 0.339. The van der Waals surface area contributed by atoms with Gasteiger partial charge in [-0.25, -0.2) is 5.48 Å². The van der Waals surface area contributed by atoms with Crippen molar-refractivity contribution in [3.63, 3.8) is 0 Å². The van der Waals surface area contributed by atoms with Gasteiger partial charge in [0.15, 0.2) is 0 Å². The topological polar surface area (TPSA) is 49.3 Å². The Labute approximate surface area is 186 Å². The third kappa shape index (κ3) is 8.60. The Hall–Kier alpha value is -2.30. The molecule has 1 aliphatic carbocycles. The van der Waals surface area contributed by atoms with Gasteiger partial charge in [-0.15, -0.1) is 18.3 Å². The van der Waals surface area contributed by atoms with Crippen LogP contribution in [0.15, 0.2) is 77.7 Å². The van der Waals surface area contributed by atoms with Crippen molar-refractivity contribution in [3.8, 4) is 11.1 Å². The fourth-order valence-corrected chi connectivity index (χ4v) is 4.37. The molecular formula is C26H35NO2S. The highest BCUT2D eigenvalue weighted by atomic mass is 32.2. The van der Waals surface area contributed by atoms with E-state index < -0.39 is 0 Å². The number of rotatable bonds is 6. The number of hydrogen-bond acceptors (Lipinski definition) is 3. The zero-order valence-electron chi connectivity index (χ0n) is 18.5. The largest absolute Gasteiger partial charge is 0.288 e.